The van der Waals surface area contributed by atoms with E-state index in [0.29, 0.717) is 0 Å². The van der Waals surface area contributed by atoms with Crippen molar-refractivity contribution in [3.8, 4) is 0 Å². The number of nitrogens with one attached hydrogen (secondary N) is 1. The zero-order valence-corrected chi connectivity index (χ0v) is 13.6. The maximum absolute atomic E-state index is 11.9. The van der Waals surface area contributed by atoms with Gasteiger partial charge in [0.15, 0.2) is 5.79 Å². The fourth-order valence-corrected chi connectivity index (χ4v) is 2.54. The summed E-state index contributed by atoms with van der Waals surface area (Å²) in [5.41, 5.74) is 2.13. The average molecular weight is 305 g/mol. The Morgan fingerprint density at radius 1 is 1.09 bits per heavy atom. The summed E-state index contributed by atoms with van der Waals surface area (Å²) in [5, 5.41) is 11.9. The number of carbonyl (C=O) groups is 1. The summed E-state index contributed by atoms with van der Waals surface area (Å²) in [7, 11) is 0. The fraction of sp³-hybridized carbons (Fsp3) is 0.471. The molecule has 0 atom stereocenters. The third kappa shape index (κ3) is 3.60. The van der Waals surface area contributed by atoms with E-state index in [0.717, 1.165) is 18.7 Å². The lowest BCUT2D eigenvalue weighted by Crippen LogP contribution is -3.06. The number of quaternary nitrogens is 1. The maximum atomic E-state index is 11.9. The first kappa shape index (κ1) is 16.4. The molecule has 0 amide bonds. The molecule has 1 heterocycles. The first-order chi connectivity index (χ1) is 10.4. The summed E-state index contributed by atoms with van der Waals surface area (Å²) in [6.07, 6.45) is 0.224. The Hall–Kier alpha value is -2.01. The van der Waals surface area contributed by atoms with Crippen molar-refractivity contribution < 1.29 is 24.3 Å². The molecule has 0 spiro atoms. The Morgan fingerprint density at radius 2 is 1.68 bits per heavy atom. The molecule has 120 valence electrons. The third-order valence-corrected chi connectivity index (χ3v) is 3.77. The van der Waals surface area contributed by atoms with Crippen LogP contribution in [0.3, 0.4) is 0 Å². The van der Waals surface area contributed by atoms with E-state index in [2.05, 4.69) is 13.8 Å². The zero-order valence-electron chi connectivity index (χ0n) is 13.6. The third-order valence-electron chi connectivity index (χ3n) is 3.77. The summed E-state index contributed by atoms with van der Waals surface area (Å²) in [5.74, 6) is -2.38. The minimum absolute atomic E-state index is 0.0438. The lowest BCUT2D eigenvalue weighted by molar-refractivity contribution is -0.828. The van der Waals surface area contributed by atoms with Crippen LogP contribution in [0, 0.1) is 0 Å². The second kappa shape index (κ2) is 6.40. The van der Waals surface area contributed by atoms with Crippen molar-refractivity contribution in [1.82, 2.24) is 0 Å². The molecule has 5 nitrogen and oxygen atoms in total. The van der Waals surface area contributed by atoms with Crippen molar-refractivity contribution >= 4 is 11.7 Å². The van der Waals surface area contributed by atoms with E-state index in [9.17, 15) is 9.90 Å². The minimum atomic E-state index is -1.19. The summed E-state index contributed by atoms with van der Waals surface area (Å²) in [6.45, 7) is 9.39. The smallest absolute Gasteiger partial charge is 0.337 e. The summed E-state index contributed by atoms with van der Waals surface area (Å²) >= 11 is 0. The number of ether oxygens (including phenoxy) is 2. The molecule has 0 fully saturated rings. The quantitative estimate of drug-likeness (QED) is 0.812. The van der Waals surface area contributed by atoms with Crippen LogP contribution in [-0.2, 0) is 20.7 Å². The molecule has 0 saturated carbocycles. The van der Waals surface area contributed by atoms with Crippen molar-refractivity contribution in [2.24, 2.45) is 0 Å². The first-order valence-corrected chi connectivity index (χ1v) is 7.62. The molecule has 0 aliphatic carbocycles. The van der Waals surface area contributed by atoms with E-state index in [1.54, 1.807) is 13.8 Å². The molecule has 5 heteroatoms. The molecule has 0 saturated heterocycles. The molecule has 0 aromatic heterocycles. The first-order valence-electron chi connectivity index (χ1n) is 7.62. The van der Waals surface area contributed by atoms with Crippen LogP contribution in [0.5, 0.6) is 0 Å². The minimum Gasteiger partial charge on any atom is -0.575 e. The van der Waals surface area contributed by atoms with E-state index in [1.165, 1.54) is 10.6 Å². The van der Waals surface area contributed by atoms with Gasteiger partial charge in [0.2, 0.25) is 0 Å². The number of benzene rings is 1. The number of cyclic esters (lactones) is 1. The molecule has 1 aromatic rings. The largest absolute Gasteiger partial charge is 0.575 e. The number of rotatable bonds is 5. The van der Waals surface area contributed by atoms with Gasteiger partial charge in [0, 0.05) is 6.42 Å². The predicted molar refractivity (Wildman–Crippen MR) is 80.1 cm³/mol. The van der Waals surface area contributed by atoms with Crippen molar-refractivity contribution in [2.75, 3.05) is 13.1 Å². The van der Waals surface area contributed by atoms with Crippen LogP contribution in [0.2, 0.25) is 0 Å². The topological polar surface area (TPSA) is 63.0 Å². The van der Waals surface area contributed by atoms with Crippen LogP contribution in [-0.4, -0.2) is 24.8 Å². The van der Waals surface area contributed by atoms with Gasteiger partial charge in [-0.2, -0.15) is 0 Å². The van der Waals surface area contributed by atoms with Crippen LogP contribution in [0.4, 0.5) is 5.69 Å². The van der Waals surface area contributed by atoms with Crippen molar-refractivity contribution in [3.63, 3.8) is 0 Å². The molecule has 0 radical (unpaired) electrons. The van der Waals surface area contributed by atoms with Crippen LogP contribution in [0.15, 0.2) is 35.8 Å². The molecule has 1 N–H and O–H groups in total. The Bertz CT molecular complexity index is 571. The van der Waals surface area contributed by atoms with Gasteiger partial charge in [0.25, 0.3) is 0 Å². The van der Waals surface area contributed by atoms with Gasteiger partial charge in [0.05, 0.1) is 24.6 Å². The Morgan fingerprint density at radius 3 is 2.18 bits per heavy atom. The second-order valence-electron chi connectivity index (χ2n) is 5.84. The molecule has 22 heavy (non-hydrogen) atoms. The number of hydrogen-bond donors (Lipinski definition) is 1. The molecule has 1 aliphatic heterocycles. The number of hydrogen-bond acceptors (Lipinski definition) is 4. The van der Waals surface area contributed by atoms with Gasteiger partial charge >= 0.3 is 5.97 Å². The molecular weight excluding hydrogens is 282 g/mol. The molecule has 1 aliphatic rings. The van der Waals surface area contributed by atoms with Gasteiger partial charge < -0.3 is 19.5 Å². The summed E-state index contributed by atoms with van der Waals surface area (Å²) < 4.78 is 10.2. The average Bonchev–Trinajstić information content (AvgIpc) is 2.45. The van der Waals surface area contributed by atoms with E-state index in [-0.39, 0.29) is 12.0 Å². The van der Waals surface area contributed by atoms with Gasteiger partial charge in [-0.05, 0) is 45.4 Å². The molecule has 2 rings (SSSR count). The highest BCUT2D eigenvalue weighted by molar-refractivity contribution is 5.89. The molecule has 0 unspecified atom stereocenters. The highest BCUT2D eigenvalue weighted by atomic mass is 16.8. The summed E-state index contributed by atoms with van der Waals surface area (Å²) in [4.78, 5) is 13.3. The Balaban J connectivity index is 2.16. The van der Waals surface area contributed by atoms with Gasteiger partial charge in [0.1, 0.15) is 5.69 Å². The molecule has 0 bridgehead atoms. The van der Waals surface area contributed by atoms with Crippen molar-refractivity contribution in [3.05, 3.63) is 41.3 Å². The van der Waals surface area contributed by atoms with E-state index in [4.69, 9.17) is 9.47 Å². The van der Waals surface area contributed by atoms with Crippen LogP contribution in [0.25, 0.3) is 0 Å². The molecular formula is C17H23NO4. The SMILES string of the molecule is CC[NH+](CC)c1ccc(CC2=C([O-])OC(C)(C)OC2=O)cc1. The van der Waals surface area contributed by atoms with Gasteiger partial charge in [-0.3, -0.25) is 0 Å². The van der Waals surface area contributed by atoms with Crippen LogP contribution >= 0.6 is 0 Å². The lowest BCUT2D eigenvalue weighted by atomic mass is 10.0. The normalized spacial score (nSPS) is 17.4. The Kier molecular flexibility index (Phi) is 4.76. The monoisotopic (exact) mass is 305 g/mol. The van der Waals surface area contributed by atoms with E-state index >= 15 is 0 Å². The standard InChI is InChI=1S/C17H23NO4/c1-5-18(6-2)13-9-7-12(8-10-13)11-14-15(19)21-17(3,4)22-16(14)20/h7-10,19H,5-6,11H2,1-4H3. The van der Waals surface area contributed by atoms with Gasteiger partial charge in [-0.15, -0.1) is 0 Å². The lowest BCUT2D eigenvalue weighted by Gasteiger charge is -2.39. The van der Waals surface area contributed by atoms with E-state index in [1.807, 2.05) is 24.3 Å². The number of carbonyl (C=O) groups excluding carboxylic acids is 1. The number of esters is 1. The van der Waals surface area contributed by atoms with Crippen molar-refractivity contribution in [1.29, 1.82) is 0 Å². The highest BCUT2D eigenvalue weighted by Gasteiger charge is 2.29. The second-order valence-corrected chi connectivity index (χ2v) is 5.84. The maximum Gasteiger partial charge on any atom is 0.337 e. The summed E-state index contributed by atoms with van der Waals surface area (Å²) in [6, 6.07) is 7.94. The predicted octanol–water partition coefficient (Wildman–Crippen LogP) is 0.667. The van der Waals surface area contributed by atoms with Crippen LogP contribution < -0.4 is 10.0 Å². The highest BCUT2D eigenvalue weighted by Crippen LogP contribution is 2.26. The van der Waals surface area contributed by atoms with Crippen LogP contribution in [0.1, 0.15) is 33.3 Å². The zero-order chi connectivity index (χ0) is 16.3. The van der Waals surface area contributed by atoms with Crippen molar-refractivity contribution in [2.45, 2.75) is 39.9 Å². The Labute approximate surface area is 131 Å². The fourth-order valence-electron chi connectivity index (χ4n) is 2.54. The van der Waals surface area contributed by atoms with Gasteiger partial charge in [-0.1, -0.05) is 12.1 Å². The molecule has 1 aromatic carbocycles. The van der Waals surface area contributed by atoms with E-state index < -0.39 is 17.7 Å². The van der Waals surface area contributed by atoms with Gasteiger partial charge in [-0.25, -0.2) is 4.79 Å².